The van der Waals surface area contributed by atoms with Gasteiger partial charge >= 0.3 is 6.03 Å². The number of rotatable bonds is 2. The number of piperidine rings is 2. The zero-order valence-corrected chi connectivity index (χ0v) is 13.2. The highest BCUT2D eigenvalue weighted by molar-refractivity contribution is 5.73. The first-order valence-corrected chi connectivity index (χ1v) is 7.98. The Labute approximate surface area is 123 Å². The molecule has 2 rings (SSSR count). The van der Waals surface area contributed by atoms with Crippen molar-refractivity contribution in [2.75, 3.05) is 33.7 Å². The Kier molecular flexibility index (Phi) is 5.27. The largest absolute Gasteiger partial charge is 0.331 e. The Bertz CT molecular complexity index is 326. The van der Waals surface area contributed by atoms with E-state index in [1.54, 1.807) is 4.90 Å². The summed E-state index contributed by atoms with van der Waals surface area (Å²) < 4.78 is 0. The molecule has 2 unspecified atom stereocenters. The first kappa shape index (κ1) is 15.6. The van der Waals surface area contributed by atoms with Gasteiger partial charge in [-0.1, -0.05) is 6.42 Å². The van der Waals surface area contributed by atoms with E-state index < -0.39 is 0 Å². The number of nitrogens with two attached hydrogens (primary N) is 1. The fourth-order valence-electron chi connectivity index (χ4n) is 3.84. The summed E-state index contributed by atoms with van der Waals surface area (Å²) in [6.45, 7) is 4.85. The van der Waals surface area contributed by atoms with E-state index in [9.17, 15) is 4.79 Å². The van der Waals surface area contributed by atoms with Crippen molar-refractivity contribution in [3.63, 3.8) is 0 Å². The van der Waals surface area contributed by atoms with Gasteiger partial charge < -0.3 is 15.5 Å². The number of carbonyl (C=O) groups excluding carboxylic acids is 1. The summed E-state index contributed by atoms with van der Waals surface area (Å²) in [5.74, 6) is 0. The van der Waals surface area contributed by atoms with Crippen molar-refractivity contribution in [2.45, 2.75) is 57.2 Å². The highest BCUT2D eigenvalue weighted by Crippen LogP contribution is 2.29. The lowest BCUT2D eigenvalue weighted by Crippen LogP contribution is -2.57. The van der Waals surface area contributed by atoms with Crippen LogP contribution in [0.5, 0.6) is 0 Å². The Morgan fingerprint density at radius 2 is 1.85 bits per heavy atom. The zero-order valence-electron chi connectivity index (χ0n) is 13.2. The molecule has 116 valence electrons. The van der Waals surface area contributed by atoms with E-state index >= 15 is 0 Å². The SMILES string of the molecule is CC1CCCC(CN)N1C1CCN(C(=O)N(C)C)CC1. The molecule has 2 amide bonds. The van der Waals surface area contributed by atoms with Crippen molar-refractivity contribution in [1.82, 2.24) is 14.7 Å². The third-order valence-electron chi connectivity index (χ3n) is 4.90. The van der Waals surface area contributed by atoms with E-state index in [1.807, 2.05) is 19.0 Å². The molecule has 2 saturated heterocycles. The Morgan fingerprint density at radius 1 is 1.20 bits per heavy atom. The molecule has 2 atom stereocenters. The van der Waals surface area contributed by atoms with E-state index in [1.165, 1.54) is 19.3 Å². The molecule has 5 nitrogen and oxygen atoms in total. The summed E-state index contributed by atoms with van der Waals surface area (Å²) in [5, 5.41) is 0. The maximum Gasteiger partial charge on any atom is 0.319 e. The van der Waals surface area contributed by atoms with Gasteiger partial charge in [-0.15, -0.1) is 0 Å². The van der Waals surface area contributed by atoms with E-state index in [0.29, 0.717) is 18.1 Å². The van der Waals surface area contributed by atoms with Gasteiger partial charge in [0.25, 0.3) is 0 Å². The fraction of sp³-hybridized carbons (Fsp3) is 0.933. The third kappa shape index (κ3) is 3.26. The molecule has 0 aromatic carbocycles. The standard InChI is InChI=1S/C15H30N4O/c1-12-5-4-6-14(11-16)19(12)13-7-9-18(10-8-13)15(20)17(2)3/h12-14H,4-11,16H2,1-3H3. The van der Waals surface area contributed by atoms with Gasteiger partial charge in [-0.25, -0.2) is 4.79 Å². The molecular weight excluding hydrogens is 252 g/mol. The fourth-order valence-corrected chi connectivity index (χ4v) is 3.84. The number of nitrogens with zero attached hydrogens (tertiary/aromatic N) is 3. The molecule has 5 heteroatoms. The molecule has 20 heavy (non-hydrogen) atoms. The van der Waals surface area contributed by atoms with Crippen LogP contribution in [-0.2, 0) is 0 Å². The van der Waals surface area contributed by atoms with Gasteiger partial charge in [0.15, 0.2) is 0 Å². The van der Waals surface area contributed by atoms with Gasteiger partial charge in [-0.3, -0.25) is 4.90 Å². The maximum absolute atomic E-state index is 12.0. The van der Waals surface area contributed by atoms with Gasteiger partial charge in [-0.2, -0.15) is 0 Å². The summed E-state index contributed by atoms with van der Waals surface area (Å²) in [6, 6.07) is 1.92. The number of hydrogen-bond acceptors (Lipinski definition) is 3. The molecular formula is C15H30N4O. The van der Waals surface area contributed by atoms with Crippen LogP contribution >= 0.6 is 0 Å². The van der Waals surface area contributed by atoms with Gasteiger partial charge in [0.1, 0.15) is 0 Å². The zero-order chi connectivity index (χ0) is 14.7. The second kappa shape index (κ2) is 6.76. The number of urea groups is 1. The van der Waals surface area contributed by atoms with Gasteiger partial charge in [0, 0.05) is 51.9 Å². The molecule has 0 spiro atoms. The minimum Gasteiger partial charge on any atom is -0.331 e. The highest BCUT2D eigenvalue weighted by atomic mass is 16.2. The first-order chi connectivity index (χ1) is 9.54. The van der Waals surface area contributed by atoms with E-state index in [4.69, 9.17) is 5.73 Å². The average molecular weight is 282 g/mol. The van der Waals surface area contributed by atoms with Crippen molar-refractivity contribution in [2.24, 2.45) is 5.73 Å². The molecule has 2 heterocycles. The number of likely N-dealkylation sites (tertiary alicyclic amines) is 2. The molecule has 2 aliphatic rings. The molecule has 0 aromatic heterocycles. The normalized spacial score (nSPS) is 29.5. The van der Waals surface area contributed by atoms with Crippen LogP contribution in [0.2, 0.25) is 0 Å². The van der Waals surface area contributed by atoms with Crippen molar-refractivity contribution in [3.05, 3.63) is 0 Å². The van der Waals surface area contributed by atoms with Crippen LogP contribution in [0, 0.1) is 0 Å². The monoisotopic (exact) mass is 282 g/mol. The van der Waals surface area contributed by atoms with Gasteiger partial charge in [0.05, 0.1) is 0 Å². The van der Waals surface area contributed by atoms with Crippen LogP contribution in [0.15, 0.2) is 0 Å². The van der Waals surface area contributed by atoms with Crippen LogP contribution in [0.3, 0.4) is 0 Å². The molecule has 0 aromatic rings. The number of amides is 2. The molecule has 2 N–H and O–H groups in total. The summed E-state index contributed by atoms with van der Waals surface area (Å²) in [6.07, 6.45) is 5.99. The van der Waals surface area contributed by atoms with Gasteiger partial charge in [-0.05, 0) is 32.6 Å². The average Bonchev–Trinajstić information content (AvgIpc) is 2.46. The summed E-state index contributed by atoms with van der Waals surface area (Å²) >= 11 is 0. The first-order valence-electron chi connectivity index (χ1n) is 7.98. The van der Waals surface area contributed by atoms with Crippen LogP contribution in [0.25, 0.3) is 0 Å². The maximum atomic E-state index is 12.0. The van der Waals surface area contributed by atoms with Crippen molar-refractivity contribution >= 4 is 6.03 Å². The van der Waals surface area contributed by atoms with Crippen molar-refractivity contribution in [3.8, 4) is 0 Å². The highest BCUT2D eigenvalue weighted by Gasteiger charge is 2.35. The predicted octanol–water partition coefficient (Wildman–Crippen LogP) is 1.33. The Hall–Kier alpha value is -0.810. The smallest absolute Gasteiger partial charge is 0.319 e. The minimum atomic E-state index is 0.144. The van der Waals surface area contributed by atoms with E-state index in [2.05, 4.69) is 11.8 Å². The molecule has 2 fully saturated rings. The third-order valence-corrected chi connectivity index (χ3v) is 4.90. The van der Waals surface area contributed by atoms with Crippen LogP contribution in [0.4, 0.5) is 4.79 Å². The lowest BCUT2D eigenvalue weighted by molar-refractivity contribution is 0.0214. The Balaban J connectivity index is 1.93. The summed E-state index contributed by atoms with van der Waals surface area (Å²) in [5.41, 5.74) is 5.96. The van der Waals surface area contributed by atoms with E-state index in [0.717, 1.165) is 32.5 Å². The molecule has 0 bridgehead atoms. The van der Waals surface area contributed by atoms with Crippen molar-refractivity contribution < 1.29 is 4.79 Å². The predicted molar refractivity (Wildman–Crippen MR) is 81.7 cm³/mol. The lowest BCUT2D eigenvalue weighted by atomic mass is 9.91. The van der Waals surface area contributed by atoms with Crippen LogP contribution in [-0.4, -0.2) is 72.6 Å². The molecule has 0 radical (unpaired) electrons. The number of carbonyl (C=O) groups is 1. The van der Waals surface area contributed by atoms with Crippen molar-refractivity contribution in [1.29, 1.82) is 0 Å². The molecule has 2 aliphatic heterocycles. The molecule has 0 saturated carbocycles. The number of hydrogen-bond donors (Lipinski definition) is 1. The second-order valence-corrected chi connectivity index (χ2v) is 6.51. The summed E-state index contributed by atoms with van der Waals surface area (Å²) in [7, 11) is 3.65. The van der Waals surface area contributed by atoms with Crippen LogP contribution in [0.1, 0.15) is 39.0 Å². The second-order valence-electron chi connectivity index (χ2n) is 6.51. The quantitative estimate of drug-likeness (QED) is 0.831. The Morgan fingerprint density at radius 3 is 2.40 bits per heavy atom. The lowest BCUT2D eigenvalue weighted by Gasteiger charge is -2.48. The molecule has 0 aliphatic carbocycles. The topological polar surface area (TPSA) is 52.8 Å². The van der Waals surface area contributed by atoms with E-state index in [-0.39, 0.29) is 6.03 Å². The van der Waals surface area contributed by atoms with Crippen LogP contribution < -0.4 is 5.73 Å². The van der Waals surface area contributed by atoms with Gasteiger partial charge in [0.2, 0.25) is 0 Å². The summed E-state index contributed by atoms with van der Waals surface area (Å²) in [4.78, 5) is 18.3. The minimum absolute atomic E-state index is 0.144.